The Kier molecular flexibility index (Phi) is 4.96. The average molecular weight is 429 g/mol. The SMILES string of the molecule is NS(=O)(=O)OC[C@H]1CC[C@@H](c2coc3c(N[C@H]4CCc5ccccc54)ncnc23)C1. The standard InChI is InChI=1S/C21H24N4O4S/c22-30(26,27)29-10-13-5-6-15(9-13)17-11-28-20-19(17)23-12-24-21(20)25-18-8-7-14-3-1-2-4-16(14)18/h1-4,11-13,15,18H,5-10H2,(H2,22,26,27)(H,23,24,25)/t13-,15+,18-/m0/s1. The second-order valence-corrected chi connectivity index (χ2v) is 9.40. The van der Waals surface area contributed by atoms with Gasteiger partial charge in [-0.05, 0) is 55.1 Å². The van der Waals surface area contributed by atoms with Gasteiger partial charge in [-0.25, -0.2) is 15.1 Å². The van der Waals surface area contributed by atoms with E-state index in [1.807, 2.05) is 0 Å². The summed E-state index contributed by atoms with van der Waals surface area (Å²) in [7, 11) is -3.90. The van der Waals surface area contributed by atoms with Crippen LogP contribution in [0.1, 0.15) is 54.3 Å². The minimum absolute atomic E-state index is 0.119. The Labute approximate surface area is 175 Å². The van der Waals surface area contributed by atoms with Crippen molar-refractivity contribution in [3.8, 4) is 0 Å². The van der Waals surface area contributed by atoms with E-state index >= 15 is 0 Å². The first-order valence-corrected chi connectivity index (χ1v) is 11.7. The molecule has 0 unspecified atom stereocenters. The van der Waals surface area contributed by atoms with Crippen LogP contribution in [0.5, 0.6) is 0 Å². The quantitative estimate of drug-likeness (QED) is 0.617. The predicted molar refractivity (Wildman–Crippen MR) is 112 cm³/mol. The molecule has 5 rings (SSSR count). The molecule has 0 bridgehead atoms. The van der Waals surface area contributed by atoms with Crippen LogP contribution in [-0.2, 0) is 20.9 Å². The van der Waals surface area contributed by atoms with Gasteiger partial charge in [0.1, 0.15) is 11.8 Å². The molecular formula is C21H24N4O4S. The minimum Gasteiger partial charge on any atom is -0.458 e. The maximum Gasteiger partial charge on any atom is 0.333 e. The molecule has 0 aliphatic heterocycles. The van der Waals surface area contributed by atoms with Crippen molar-refractivity contribution >= 4 is 27.2 Å². The van der Waals surface area contributed by atoms with Gasteiger partial charge in [0.25, 0.3) is 0 Å². The van der Waals surface area contributed by atoms with Crippen molar-refractivity contribution in [1.29, 1.82) is 0 Å². The number of nitrogens with two attached hydrogens (primary N) is 1. The van der Waals surface area contributed by atoms with E-state index in [9.17, 15) is 8.42 Å². The lowest BCUT2D eigenvalue weighted by molar-refractivity contribution is 0.256. The summed E-state index contributed by atoms with van der Waals surface area (Å²) in [5.41, 5.74) is 5.21. The third kappa shape index (κ3) is 3.80. The number of aromatic nitrogens is 2. The lowest BCUT2D eigenvalue weighted by atomic mass is 9.98. The Morgan fingerprint density at radius 2 is 2.03 bits per heavy atom. The second-order valence-electron chi connectivity index (χ2n) is 8.18. The van der Waals surface area contributed by atoms with Gasteiger partial charge in [-0.15, -0.1) is 0 Å². The fourth-order valence-corrected chi connectivity index (χ4v) is 5.22. The van der Waals surface area contributed by atoms with Gasteiger partial charge in [0.15, 0.2) is 11.4 Å². The molecule has 0 amide bonds. The van der Waals surface area contributed by atoms with E-state index in [0.717, 1.165) is 43.2 Å². The number of hydrogen-bond acceptors (Lipinski definition) is 7. The number of rotatable bonds is 6. The van der Waals surface area contributed by atoms with E-state index in [0.29, 0.717) is 11.4 Å². The van der Waals surface area contributed by atoms with Crippen LogP contribution < -0.4 is 10.5 Å². The monoisotopic (exact) mass is 428 g/mol. The largest absolute Gasteiger partial charge is 0.458 e. The normalized spacial score (nSPS) is 23.7. The lowest BCUT2D eigenvalue weighted by Gasteiger charge is -2.14. The highest BCUT2D eigenvalue weighted by Crippen LogP contribution is 2.42. The lowest BCUT2D eigenvalue weighted by Crippen LogP contribution is -2.19. The fourth-order valence-electron chi connectivity index (χ4n) is 4.83. The van der Waals surface area contributed by atoms with Crippen LogP contribution in [0, 0.1) is 5.92 Å². The minimum atomic E-state index is -3.90. The Hall–Kier alpha value is -2.49. The molecular weight excluding hydrogens is 404 g/mol. The number of fused-ring (bicyclic) bond motifs is 2. The smallest absolute Gasteiger partial charge is 0.333 e. The third-order valence-corrected chi connectivity index (χ3v) is 6.74. The van der Waals surface area contributed by atoms with Crippen molar-refractivity contribution < 1.29 is 17.0 Å². The Morgan fingerprint density at radius 3 is 2.90 bits per heavy atom. The first-order chi connectivity index (χ1) is 14.5. The van der Waals surface area contributed by atoms with Gasteiger partial charge in [-0.2, -0.15) is 8.42 Å². The second kappa shape index (κ2) is 7.64. The molecule has 2 aliphatic rings. The van der Waals surface area contributed by atoms with Crippen LogP contribution in [-0.4, -0.2) is 25.0 Å². The van der Waals surface area contributed by atoms with Gasteiger partial charge in [0, 0.05) is 5.56 Å². The Bertz CT molecular complexity index is 1180. The first kappa shape index (κ1) is 19.5. The number of furan rings is 1. The molecule has 0 spiro atoms. The van der Waals surface area contributed by atoms with Crippen LogP contribution in [0.15, 0.2) is 41.3 Å². The Balaban J connectivity index is 1.35. The average Bonchev–Trinajstić information content (AvgIpc) is 3.44. The molecule has 0 saturated heterocycles. The van der Waals surface area contributed by atoms with E-state index in [2.05, 4.69) is 39.6 Å². The van der Waals surface area contributed by atoms with Gasteiger partial charge in [-0.1, -0.05) is 24.3 Å². The molecule has 30 heavy (non-hydrogen) atoms. The number of aryl methyl sites for hydroxylation is 1. The van der Waals surface area contributed by atoms with Gasteiger partial charge in [0.05, 0.1) is 18.9 Å². The maximum atomic E-state index is 11.0. The summed E-state index contributed by atoms with van der Waals surface area (Å²) >= 11 is 0. The molecule has 3 atom stereocenters. The van der Waals surface area contributed by atoms with Crippen molar-refractivity contribution in [1.82, 2.24) is 9.97 Å². The van der Waals surface area contributed by atoms with Crippen LogP contribution in [0.2, 0.25) is 0 Å². The molecule has 3 aromatic rings. The van der Waals surface area contributed by atoms with Crippen molar-refractivity contribution in [3.63, 3.8) is 0 Å². The summed E-state index contributed by atoms with van der Waals surface area (Å²) in [5.74, 6) is 1.10. The molecule has 1 aromatic carbocycles. The number of hydrogen-bond donors (Lipinski definition) is 2. The number of benzene rings is 1. The molecule has 1 fully saturated rings. The molecule has 8 nitrogen and oxygen atoms in total. The van der Waals surface area contributed by atoms with Crippen molar-refractivity contribution in [2.24, 2.45) is 11.1 Å². The molecule has 9 heteroatoms. The van der Waals surface area contributed by atoms with Gasteiger partial charge in [-0.3, -0.25) is 4.18 Å². The molecule has 2 aliphatic carbocycles. The predicted octanol–water partition coefficient (Wildman–Crippen LogP) is 3.43. The van der Waals surface area contributed by atoms with E-state index in [1.54, 1.807) is 12.6 Å². The Morgan fingerprint density at radius 1 is 1.17 bits per heavy atom. The zero-order valence-electron chi connectivity index (χ0n) is 16.5. The topological polar surface area (TPSA) is 120 Å². The number of nitrogens with zero attached hydrogens (tertiary/aromatic N) is 2. The van der Waals surface area contributed by atoms with Crippen molar-refractivity contribution in [2.75, 3.05) is 11.9 Å². The summed E-state index contributed by atoms with van der Waals surface area (Å²) in [6.45, 7) is 0.119. The number of nitrogens with one attached hydrogen (secondary N) is 1. The fraction of sp³-hybridized carbons (Fsp3) is 0.429. The van der Waals surface area contributed by atoms with E-state index in [4.69, 9.17) is 13.7 Å². The van der Waals surface area contributed by atoms with Crippen molar-refractivity contribution in [3.05, 3.63) is 53.5 Å². The summed E-state index contributed by atoms with van der Waals surface area (Å²) in [6, 6.07) is 8.68. The summed E-state index contributed by atoms with van der Waals surface area (Å²) in [6.07, 6.45) is 8.02. The van der Waals surface area contributed by atoms with Gasteiger partial charge >= 0.3 is 10.3 Å². The van der Waals surface area contributed by atoms with Gasteiger partial charge < -0.3 is 9.73 Å². The zero-order valence-corrected chi connectivity index (χ0v) is 17.3. The molecule has 158 valence electrons. The highest BCUT2D eigenvalue weighted by atomic mass is 32.2. The van der Waals surface area contributed by atoms with Crippen LogP contribution in [0.3, 0.4) is 0 Å². The van der Waals surface area contributed by atoms with Gasteiger partial charge in [0.2, 0.25) is 0 Å². The molecule has 2 aromatic heterocycles. The van der Waals surface area contributed by atoms with Crippen LogP contribution in [0.25, 0.3) is 11.1 Å². The summed E-state index contributed by atoms with van der Waals surface area (Å²) < 4.78 is 32.8. The third-order valence-electron chi connectivity index (χ3n) is 6.27. The molecule has 1 saturated carbocycles. The van der Waals surface area contributed by atoms with Crippen LogP contribution >= 0.6 is 0 Å². The van der Waals surface area contributed by atoms with Crippen molar-refractivity contribution in [2.45, 2.75) is 44.1 Å². The first-order valence-electron chi connectivity index (χ1n) is 10.2. The van der Waals surface area contributed by atoms with E-state index < -0.39 is 10.3 Å². The number of anilines is 1. The summed E-state index contributed by atoms with van der Waals surface area (Å²) in [4.78, 5) is 8.92. The summed E-state index contributed by atoms with van der Waals surface area (Å²) in [5, 5.41) is 8.49. The van der Waals surface area contributed by atoms with E-state index in [1.165, 1.54) is 11.1 Å². The molecule has 0 radical (unpaired) electrons. The maximum absolute atomic E-state index is 11.0. The zero-order chi connectivity index (χ0) is 20.7. The highest BCUT2D eigenvalue weighted by Gasteiger charge is 2.31. The molecule has 3 N–H and O–H groups in total. The van der Waals surface area contributed by atoms with E-state index in [-0.39, 0.29) is 24.5 Å². The highest BCUT2D eigenvalue weighted by molar-refractivity contribution is 7.84. The molecule has 2 heterocycles. The van der Waals surface area contributed by atoms with Crippen LogP contribution in [0.4, 0.5) is 5.82 Å².